The molecule has 0 radical (unpaired) electrons. The van der Waals surface area contributed by atoms with E-state index < -0.39 is 4.92 Å². The zero-order chi connectivity index (χ0) is 23.8. The van der Waals surface area contributed by atoms with Crippen molar-refractivity contribution in [3.63, 3.8) is 0 Å². The zero-order valence-corrected chi connectivity index (χ0v) is 19.6. The van der Waals surface area contributed by atoms with Gasteiger partial charge in [-0.25, -0.2) is 4.98 Å². The first-order chi connectivity index (χ1) is 16.4. The van der Waals surface area contributed by atoms with Crippen molar-refractivity contribution in [3.8, 4) is 0 Å². The smallest absolute Gasteiger partial charge is 0.292 e. The Hall–Kier alpha value is -3.31. The van der Waals surface area contributed by atoms with Gasteiger partial charge in [0, 0.05) is 6.07 Å². The molecule has 0 unspecified atom stereocenters. The molecule has 2 atom stereocenters. The Balaban J connectivity index is 1.28. The number of nitro groups is 1. The molecule has 11 heteroatoms. The van der Waals surface area contributed by atoms with Crippen LogP contribution in [0.25, 0.3) is 10.2 Å². The van der Waals surface area contributed by atoms with Gasteiger partial charge >= 0.3 is 0 Å². The van der Waals surface area contributed by atoms with Crippen LogP contribution >= 0.6 is 23.1 Å². The lowest BCUT2D eigenvalue weighted by atomic mass is 9.81. The van der Waals surface area contributed by atoms with Gasteiger partial charge < -0.3 is 5.32 Å². The van der Waals surface area contributed by atoms with Gasteiger partial charge in [-0.15, -0.1) is 11.3 Å². The van der Waals surface area contributed by atoms with Crippen LogP contribution < -0.4 is 10.2 Å². The summed E-state index contributed by atoms with van der Waals surface area (Å²) in [5.41, 5.74) is 1.25. The molecule has 0 spiro atoms. The summed E-state index contributed by atoms with van der Waals surface area (Å²) in [5, 5.41) is 13.7. The number of anilines is 2. The molecule has 5 rings (SSSR count). The van der Waals surface area contributed by atoms with Crippen molar-refractivity contribution in [2.45, 2.75) is 30.0 Å². The van der Waals surface area contributed by atoms with Crippen molar-refractivity contribution < 1.29 is 19.3 Å². The molecule has 34 heavy (non-hydrogen) atoms. The number of aromatic nitrogens is 1. The highest BCUT2D eigenvalue weighted by atomic mass is 32.2. The minimum atomic E-state index is -0.543. The average molecular weight is 497 g/mol. The number of carbonyl (C=O) groups excluding carboxylic acids is 3. The maximum absolute atomic E-state index is 12.9. The summed E-state index contributed by atoms with van der Waals surface area (Å²) in [5.74, 6) is -0.979. The Morgan fingerprint density at radius 3 is 2.56 bits per heavy atom. The second-order valence-corrected chi connectivity index (χ2v) is 10.5. The molecule has 1 saturated carbocycles. The van der Waals surface area contributed by atoms with Crippen molar-refractivity contribution in [1.29, 1.82) is 0 Å². The normalized spacial score (nSPS) is 19.9. The summed E-state index contributed by atoms with van der Waals surface area (Å²) in [6.45, 7) is 0. The number of nitrogens with one attached hydrogen (secondary N) is 1. The van der Waals surface area contributed by atoms with E-state index in [4.69, 9.17) is 0 Å². The van der Waals surface area contributed by atoms with Gasteiger partial charge in [-0.2, -0.15) is 0 Å². The topological polar surface area (TPSA) is 123 Å². The number of nitro benzene ring substituents is 1. The van der Waals surface area contributed by atoms with Crippen LogP contribution in [0.2, 0.25) is 0 Å². The molecule has 2 heterocycles. The standard InChI is InChI=1S/C23H20N4O5S2/c28-20(24-16-7-3-4-8-18(16)27(31)32)12-33-23-25-17-10-9-13(11-19(17)34-23)26-21(29)14-5-1-2-6-15(14)22(26)30/h3-4,7-11,14-15H,1-2,5-6,12H2,(H,24,28)/t14-,15-/m1/s1. The number of rotatable bonds is 6. The van der Waals surface area contributed by atoms with E-state index in [1.165, 1.54) is 46.2 Å². The predicted molar refractivity (Wildman–Crippen MR) is 130 cm³/mol. The van der Waals surface area contributed by atoms with Crippen LogP contribution in [0.1, 0.15) is 25.7 Å². The van der Waals surface area contributed by atoms with Gasteiger partial charge in [0.25, 0.3) is 5.69 Å². The van der Waals surface area contributed by atoms with Gasteiger partial charge in [0.1, 0.15) is 5.69 Å². The van der Waals surface area contributed by atoms with Crippen molar-refractivity contribution in [2.24, 2.45) is 11.8 Å². The monoisotopic (exact) mass is 496 g/mol. The number of fused-ring (bicyclic) bond motifs is 2. The number of hydrogen-bond acceptors (Lipinski definition) is 8. The van der Waals surface area contributed by atoms with Crippen molar-refractivity contribution in [2.75, 3.05) is 16.0 Å². The van der Waals surface area contributed by atoms with E-state index in [0.29, 0.717) is 15.5 Å². The van der Waals surface area contributed by atoms with E-state index in [1.54, 1.807) is 24.3 Å². The molecule has 1 N–H and O–H groups in total. The molecule has 2 aliphatic rings. The number of benzene rings is 2. The second-order valence-electron chi connectivity index (χ2n) is 8.25. The summed E-state index contributed by atoms with van der Waals surface area (Å²) in [7, 11) is 0. The molecule has 3 aromatic rings. The third-order valence-electron chi connectivity index (χ3n) is 6.15. The molecular formula is C23H20N4O5S2. The fraction of sp³-hybridized carbons (Fsp3) is 0.304. The van der Waals surface area contributed by atoms with Crippen LogP contribution in [0.15, 0.2) is 46.8 Å². The minimum absolute atomic E-state index is 0.0329. The molecule has 3 amide bonds. The van der Waals surface area contributed by atoms with Crippen LogP contribution in [0.4, 0.5) is 17.1 Å². The molecule has 1 aromatic heterocycles. The van der Waals surface area contributed by atoms with E-state index in [9.17, 15) is 24.5 Å². The number of thiazole rings is 1. The first-order valence-corrected chi connectivity index (χ1v) is 12.7. The maximum atomic E-state index is 12.9. The summed E-state index contributed by atoms with van der Waals surface area (Å²) < 4.78 is 1.46. The fourth-order valence-electron chi connectivity index (χ4n) is 4.56. The van der Waals surface area contributed by atoms with Gasteiger partial charge in [0.2, 0.25) is 17.7 Å². The largest absolute Gasteiger partial charge is 0.320 e. The fourth-order valence-corrected chi connectivity index (χ4v) is 6.46. The third kappa shape index (κ3) is 4.16. The number of hydrogen-bond donors (Lipinski definition) is 1. The molecule has 0 bridgehead atoms. The number of thioether (sulfide) groups is 1. The molecular weight excluding hydrogens is 476 g/mol. The summed E-state index contributed by atoms with van der Waals surface area (Å²) >= 11 is 2.59. The number of imide groups is 1. The van der Waals surface area contributed by atoms with Crippen LogP contribution in [-0.4, -0.2) is 33.4 Å². The lowest BCUT2D eigenvalue weighted by molar-refractivity contribution is -0.383. The second kappa shape index (κ2) is 9.15. The van der Waals surface area contributed by atoms with E-state index in [1.807, 2.05) is 0 Å². The first kappa shape index (κ1) is 22.5. The Morgan fingerprint density at radius 2 is 1.85 bits per heavy atom. The lowest BCUT2D eigenvalue weighted by Crippen LogP contribution is -2.30. The van der Waals surface area contributed by atoms with Gasteiger partial charge in [-0.3, -0.25) is 29.4 Å². The highest BCUT2D eigenvalue weighted by Gasteiger charge is 2.48. The molecule has 9 nitrogen and oxygen atoms in total. The first-order valence-electron chi connectivity index (χ1n) is 10.9. The van der Waals surface area contributed by atoms with Gasteiger partial charge in [-0.05, 0) is 37.1 Å². The lowest BCUT2D eigenvalue weighted by Gasteiger charge is -2.19. The van der Waals surface area contributed by atoms with Crippen molar-refractivity contribution in [3.05, 3.63) is 52.6 Å². The third-order valence-corrected chi connectivity index (χ3v) is 8.31. The molecule has 1 saturated heterocycles. The molecule has 2 aromatic carbocycles. The Kier molecular flexibility index (Phi) is 6.05. The molecule has 2 fully saturated rings. The summed E-state index contributed by atoms with van der Waals surface area (Å²) in [4.78, 5) is 54.5. The highest BCUT2D eigenvalue weighted by molar-refractivity contribution is 8.01. The molecule has 174 valence electrons. The predicted octanol–water partition coefficient (Wildman–Crippen LogP) is 4.61. The summed E-state index contributed by atoms with van der Waals surface area (Å²) in [6.07, 6.45) is 3.49. The van der Waals surface area contributed by atoms with Crippen LogP contribution in [0.5, 0.6) is 0 Å². The Morgan fingerprint density at radius 1 is 1.15 bits per heavy atom. The van der Waals surface area contributed by atoms with E-state index in [-0.39, 0.29) is 46.7 Å². The van der Waals surface area contributed by atoms with Crippen LogP contribution in [-0.2, 0) is 14.4 Å². The Bertz CT molecular complexity index is 1300. The quantitative estimate of drug-likeness (QED) is 0.229. The van der Waals surface area contributed by atoms with Crippen molar-refractivity contribution >= 4 is 68.1 Å². The maximum Gasteiger partial charge on any atom is 0.292 e. The minimum Gasteiger partial charge on any atom is -0.320 e. The van der Waals surface area contributed by atoms with E-state index in [0.717, 1.165) is 30.4 Å². The van der Waals surface area contributed by atoms with Gasteiger partial charge in [0.05, 0.1) is 38.4 Å². The Labute approximate surface area is 202 Å². The molecule has 1 aliphatic carbocycles. The average Bonchev–Trinajstić information content (AvgIpc) is 3.36. The molecule has 1 aliphatic heterocycles. The van der Waals surface area contributed by atoms with Gasteiger partial charge in [0.15, 0.2) is 4.34 Å². The zero-order valence-electron chi connectivity index (χ0n) is 17.9. The number of amides is 3. The van der Waals surface area contributed by atoms with Gasteiger partial charge in [-0.1, -0.05) is 36.7 Å². The van der Waals surface area contributed by atoms with E-state index >= 15 is 0 Å². The number of carbonyl (C=O) groups is 3. The number of para-hydroxylation sites is 2. The highest BCUT2D eigenvalue weighted by Crippen LogP contribution is 2.41. The number of nitrogens with zero attached hydrogens (tertiary/aromatic N) is 3. The summed E-state index contributed by atoms with van der Waals surface area (Å²) in [6, 6.07) is 11.3. The van der Waals surface area contributed by atoms with Crippen LogP contribution in [0.3, 0.4) is 0 Å². The van der Waals surface area contributed by atoms with E-state index in [2.05, 4.69) is 10.3 Å². The van der Waals surface area contributed by atoms with Crippen LogP contribution in [0, 0.1) is 22.0 Å². The SMILES string of the molecule is O=C(CSc1nc2ccc(N3C(=O)[C@@H]4CCCC[C@H]4C3=O)cc2s1)Nc1ccccc1[N+](=O)[O-]. The van der Waals surface area contributed by atoms with Crippen molar-refractivity contribution in [1.82, 2.24) is 4.98 Å².